The molecule has 2 aromatic carbocycles. The number of benzene rings is 2. The van der Waals surface area contributed by atoms with E-state index in [1.165, 1.54) is 23.2 Å². The average molecular weight is 329 g/mol. The van der Waals surface area contributed by atoms with E-state index >= 15 is 0 Å². The van der Waals surface area contributed by atoms with E-state index in [1.54, 1.807) is 0 Å². The van der Waals surface area contributed by atoms with Gasteiger partial charge in [-0.15, -0.1) is 0 Å². The molecule has 0 saturated carbocycles. The Kier molecular flexibility index (Phi) is 7.53. The summed E-state index contributed by atoms with van der Waals surface area (Å²) >= 11 is 0. The van der Waals surface area contributed by atoms with E-state index < -0.39 is 8.32 Å². The third-order valence-corrected chi connectivity index (χ3v) is 8.55. The SMILES string of the molecule is CCCC[Si](OCCCCO)(c1ccccc1)c1ccccc1. The largest absolute Gasteiger partial charge is 0.408 e. The number of aliphatic hydroxyl groups excluding tert-OH is 1. The van der Waals surface area contributed by atoms with Crippen molar-refractivity contribution in [3.05, 3.63) is 60.7 Å². The molecule has 0 fully saturated rings. The predicted molar refractivity (Wildman–Crippen MR) is 99.9 cm³/mol. The Balaban J connectivity index is 2.36. The Hall–Kier alpha value is -1.42. The highest BCUT2D eigenvalue weighted by atomic mass is 28.4. The molecular formula is C20H28O2Si. The average Bonchev–Trinajstić information content (AvgIpc) is 2.63. The Morgan fingerprint density at radius 1 is 0.826 bits per heavy atom. The molecule has 0 amide bonds. The lowest BCUT2D eigenvalue weighted by molar-refractivity contribution is 0.251. The molecule has 0 aliphatic heterocycles. The molecule has 1 N–H and O–H groups in total. The summed E-state index contributed by atoms with van der Waals surface area (Å²) in [5.41, 5.74) is 0. The van der Waals surface area contributed by atoms with Crippen LogP contribution in [0.5, 0.6) is 0 Å². The molecule has 0 aliphatic carbocycles. The fourth-order valence-electron chi connectivity index (χ4n) is 2.99. The number of aliphatic hydroxyl groups is 1. The highest BCUT2D eigenvalue weighted by Gasteiger charge is 2.38. The number of hydrogen-bond donors (Lipinski definition) is 1. The monoisotopic (exact) mass is 328 g/mol. The Labute approximate surface area is 141 Å². The van der Waals surface area contributed by atoms with Crippen molar-refractivity contribution in [2.75, 3.05) is 13.2 Å². The maximum absolute atomic E-state index is 9.03. The van der Waals surface area contributed by atoms with Crippen molar-refractivity contribution in [3.8, 4) is 0 Å². The lowest BCUT2D eigenvalue weighted by Crippen LogP contribution is -2.60. The van der Waals surface area contributed by atoms with Crippen LogP contribution < -0.4 is 10.4 Å². The van der Waals surface area contributed by atoms with E-state index in [4.69, 9.17) is 9.53 Å². The minimum Gasteiger partial charge on any atom is -0.408 e. The molecule has 2 aromatic rings. The van der Waals surface area contributed by atoms with E-state index in [2.05, 4.69) is 67.6 Å². The Morgan fingerprint density at radius 3 is 1.87 bits per heavy atom. The van der Waals surface area contributed by atoms with Crippen molar-refractivity contribution in [1.82, 2.24) is 0 Å². The van der Waals surface area contributed by atoms with Gasteiger partial charge in [-0.25, -0.2) is 0 Å². The number of rotatable bonds is 10. The highest BCUT2D eigenvalue weighted by Crippen LogP contribution is 2.17. The summed E-state index contributed by atoms with van der Waals surface area (Å²) < 4.78 is 6.63. The molecule has 0 aliphatic rings. The summed E-state index contributed by atoms with van der Waals surface area (Å²) in [5, 5.41) is 11.7. The van der Waals surface area contributed by atoms with Gasteiger partial charge < -0.3 is 9.53 Å². The lowest BCUT2D eigenvalue weighted by atomic mass is 10.3. The van der Waals surface area contributed by atoms with Crippen LogP contribution in [-0.2, 0) is 4.43 Å². The van der Waals surface area contributed by atoms with Gasteiger partial charge in [0.25, 0.3) is 8.32 Å². The van der Waals surface area contributed by atoms with Gasteiger partial charge in [0.2, 0.25) is 0 Å². The summed E-state index contributed by atoms with van der Waals surface area (Å²) in [5.74, 6) is 0. The predicted octanol–water partition coefficient (Wildman–Crippen LogP) is 3.34. The van der Waals surface area contributed by atoms with Gasteiger partial charge in [0.15, 0.2) is 0 Å². The summed E-state index contributed by atoms with van der Waals surface area (Å²) in [6.07, 6.45) is 4.07. The fraction of sp³-hybridized carbons (Fsp3) is 0.400. The van der Waals surface area contributed by atoms with Gasteiger partial charge in [0, 0.05) is 13.2 Å². The second-order valence-corrected chi connectivity index (χ2v) is 9.54. The lowest BCUT2D eigenvalue weighted by Gasteiger charge is -2.32. The molecular weight excluding hydrogens is 300 g/mol. The van der Waals surface area contributed by atoms with Gasteiger partial charge in [-0.05, 0) is 29.3 Å². The van der Waals surface area contributed by atoms with E-state index in [0.717, 1.165) is 25.5 Å². The second-order valence-electron chi connectivity index (χ2n) is 5.94. The third-order valence-electron chi connectivity index (χ3n) is 4.26. The summed E-state index contributed by atoms with van der Waals surface area (Å²) in [6.45, 7) is 3.20. The molecule has 2 nitrogen and oxygen atoms in total. The normalized spacial score (nSPS) is 11.6. The maximum Gasteiger partial charge on any atom is 0.255 e. The number of hydrogen-bond acceptors (Lipinski definition) is 2. The van der Waals surface area contributed by atoms with Gasteiger partial charge in [-0.3, -0.25) is 0 Å². The molecule has 0 atom stereocenters. The molecule has 0 radical (unpaired) electrons. The first-order valence-electron chi connectivity index (χ1n) is 8.69. The summed E-state index contributed by atoms with van der Waals surface area (Å²) in [7, 11) is -2.20. The zero-order valence-electron chi connectivity index (χ0n) is 14.1. The minimum atomic E-state index is -2.20. The maximum atomic E-state index is 9.03. The zero-order chi connectivity index (χ0) is 16.4. The second kappa shape index (κ2) is 9.66. The first-order valence-corrected chi connectivity index (χ1v) is 10.8. The molecule has 2 rings (SSSR count). The van der Waals surface area contributed by atoms with Crippen LogP contribution in [0.25, 0.3) is 0 Å². The zero-order valence-corrected chi connectivity index (χ0v) is 15.1. The van der Waals surface area contributed by atoms with E-state index in [0.29, 0.717) is 0 Å². The van der Waals surface area contributed by atoms with Crippen LogP contribution in [0.2, 0.25) is 6.04 Å². The van der Waals surface area contributed by atoms with Gasteiger partial charge in [0.05, 0.1) is 0 Å². The first-order chi connectivity index (χ1) is 11.3. The van der Waals surface area contributed by atoms with E-state index in [9.17, 15) is 0 Å². The van der Waals surface area contributed by atoms with Gasteiger partial charge in [-0.2, -0.15) is 0 Å². The molecule has 3 heteroatoms. The van der Waals surface area contributed by atoms with Crippen LogP contribution in [-0.4, -0.2) is 26.6 Å². The fourth-order valence-corrected chi connectivity index (χ4v) is 7.19. The van der Waals surface area contributed by atoms with Crippen molar-refractivity contribution in [1.29, 1.82) is 0 Å². The van der Waals surface area contributed by atoms with Crippen molar-refractivity contribution < 1.29 is 9.53 Å². The van der Waals surface area contributed by atoms with Gasteiger partial charge in [0.1, 0.15) is 0 Å². The van der Waals surface area contributed by atoms with Crippen LogP contribution in [0.3, 0.4) is 0 Å². The molecule has 0 saturated heterocycles. The molecule has 124 valence electrons. The quantitative estimate of drug-likeness (QED) is 0.535. The van der Waals surface area contributed by atoms with Crippen LogP contribution in [0.1, 0.15) is 32.6 Å². The highest BCUT2D eigenvalue weighted by molar-refractivity contribution is 6.97. The molecule has 0 bridgehead atoms. The van der Waals surface area contributed by atoms with Crippen molar-refractivity contribution in [2.24, 2.45) is 0 Å². The van der Waals surface area contributed by atoms with E-state index in [1.807, 2.05) is 0 Å². The summed E-state index contributed by atoms with van der Waals surface area (Å²) in [4.78, 5) is 0. The standard InChI is InChI=1S/C20H28O2Si/c1-2-3-18-23(22-17-11-10-16-21,19-12-6-4-7-13-19)20-14-8-5-9-15-20/h4-9,12-15,21H,2-3,10-11,16-18H2,1H3. The smallest absolute Gasteiger partial charge is 0.255 e. The third kappa shape index (κ3) is 4.77. The molecule has 0 heterocycles. The van der Waals surface area contributed by atoms with Crippen LogP contribution >= 0.6 is 0 Å². The van der Waals surface area contributed by atoms with Crippen LogP contribution in [0.4, 0.5) is 0 Å². The topological polar surface area (TPSA) is 29.5 Å². The molecule has 0 spiro atoms. The van der Waals surface area contributed by atoms with Gasteiger partial charge >= 0.3 is 0 Å². The summed E-state index contributed by atoms with van der Waals surface area (Å²) in [6, 6.07) is 22.6. The molecule has 23 heavy (non-hydrogen) atoms. The molecule has 0 unspecified atom stereocenters. The van der Waals surface area contributed by atoms with Crippen molar-refractivity contribution in [2.45, 2.75) is 38.7 Å². The van der Waals surface area contributed by atoms with E-state index in [-0.39, 0.29) is 6.61 Å². The first kappa shape index (κ1) is 17.9. The van der Waals surface area contributed by atoms with Gasteiger partial charge in [-0.1, -0.05) is 80.4 Å². The van der Waals surface area contributed by atoms with Crippen molar-refractivity contribution in [3.63, 3.8) is 0 Å². The van der Waals surface area contributed by atoms with Crippen molar-refractivity contribution >= 4 is 18.7 Å². The van der Waals surface area contributed by atoms with Crippen LogP contribution in [0.15, 0.2) is 60.7 Å². The van der Waals surface area contributed by atoms with Crippen LogP contribution in [0, 0.1) is 0 Å². The Morgan fingerprint density at radius 2 is 1.39 bits per heavy atom. The Bertz CT molecular complexity index is 503. The number of unbranched alkanes of at least 4 members (excludes halogenated alkanes) is 2. The minimum absolute atomic E-state index is 0.240. The molecule has 0 aromatic heterocycles.